The van der Waals surface area contributed by atoms with Gasteiger partial charge in [-0.1, -0.05) is 30.3 Å². The zero-order valence-electron chi connectivity index (χ0n) is 13.8. The quantitative estimate of drug-likeness (QED) is 0.882. The molecule has 0 spiro atoms. The molecule has 1 amide bonds. The minimum absolute atomic E-state index is 0.0403. The van der Waals surface area contributed by atoms with Gasteiger partial charge in [-0.25, -0.2) is 4.39 Å². The van der Waals surface area contributed by atoms with Crippen LogP contribution in [0.2, 0.25) is 0 Å². The summed E-state index contributed by atoms with van der Waals surface area (Å²) in [5.74, 6) is 0.675. The molecular formula is C20H22FNO2. The van der Waals surface area contributed by atoms with E-state index < -0.39 is 0 Å². The lowest BCUT2D eigenvalue weighted by Gasteiger charge is -2.14. The van der Waals surface area contributed by atoms with E-state index in [4.69, 9.17) is 4.74 Å². The smallest absolute Gasteiger partial charge is 0.220 e. The molecule has 4 heteroatoms. The van der Waals surface area contributed by atoms with Gasteiger partial charge < -0.3 is 10.1 Å². The summed E-state index contributed by atoms with van der Waals surface area (Å²) in [5.41, 5.74) is 3.02. The molecule has 1 heterocycles. The number of benzene rings is 2. The van der Waals surface area contributed by atoms with Crippen molar-refractivity contribution in [2.24, 2.45) is 0 Å². The van der Waals surface area contributed by atoms with E-state index in [0.717, 1.165) is 25.2 Å². The minimum atomic E-state index is -0.251. The zero-order valence-corrected chi connectivity index (χ0v) is 13.8. The average molecular weight is 327 g/mol. The third-order valence-corrected chi connectivity index (χ3v) is 4.28. The number of ether oxygens (including phenoxy) is 1. The number of amides is 1. The Labute approximate surface area is 141 Å². The van der Waals surface area contributed by atoms with Gasteiger partial charge in [-0.15, -0.1) is 0 Å². The summed E-state index contributed by atoms with van der Waals surface area (Å²) in [4.78, 5) is 12.1. The molecule has 24 heavy (non-hydrogen) atoms. The molecule has 0 saturated heterocycles. The lowest BCUT2D eigenvalue weighted by atomic mass is 10.0. The lowest BCUT2D eigenvalue weighted by molar-refractivity contribution is -0.121. The molecule has 0 fully saturated rings. The molecule has 0 bridgehead atoms. The van der Waals surface area contributed by atoms with Crippen LogP contribution in [0.4, 0.5) is 4.39 Å². The van der Waals surface area contributed by atoms with Crippen LogP contribution in [0.1, 0.15) is 30.0 Å². The summed E-state index contributed by atoms with van der Waals surface area (Å²) in [6.45, 7) is 2.74. The first-order valence-electron chi connectivity index (χ1n) is 8.39. The summed E-state index contributed by atoms with van der Waals surface area (Å²) < 4.78 is 19.1. The van der Waals surface area contributed by atoms with Crippen molar-refractivity contribution >= 4 is 5.91 Å². The standard InChI is InChI=1S/C20H22FNO2/c1-14(12-15-6-8-19-17(13-15)10-11-24-19)22-20(23)9-7-16-4-2-3-5-18(16)21/h2-6,8,13-14H,7,9-12H2,1H3,(H,22,23)/t14-/m1/s1. The minimum Gasteiger partial charge on any atom is -0.493 e. The summed E-state index contributed by atoms with van der Waals surface area (Å²) in [6, 6.07) is 12.8. The molecule has 0 radical (unpaired) electrons. The van der Waals surface area contributed by atoms with E-state index in [2.05, 4.69) is 11.4 Å². The maximum absolute atomic E-state index is 13.6. The number of aryl methyl sites for hydroxylation is 1. The number of rotatable bonds is 6. The van der Waals surface area contributed by atoms with Crippen LogP contribution in [0.3, 0.4) is 0 Å². The van der Waals surface area contributed by atoms with E-state index in [1.54, 1.807) is 18.2 Å². The predicted molar refractivity (Wildman–Crippen MR) is 91.7 cm³/mol. The highest BCUT2D eigenvalue weighted by atomic mass is 19.1. The Kier molecular flexibility index (Phi) is 5.14. The fourth-order valence-electron chi connectivity index (χ4n) is 3.07. The van der Waals surface area contributed by atoms with Crippen LogP contribution in [0, 0.1) is 5.82 Å². The molecule has 0 unspecified atom stereocenters. The Bertz CT molecular complexity index is 729. The fraction of sp³-hybridized carbons (Fsp3) is 0.350. The molecule has 0 aromatic heterocycles. The Morgan fingerprint density at radius 3 is 2.96 bits per heavy atom. The topological polar surface area (TPSA) is 38.3 Å². The van der Waals surface area contributed by atoms with Gasteiger partial charge in [0.1, 0.15) is 11.6 Å². The molecule has 3 nitrogen and oxygen atoms in total. The van der Waals surface area contributed by atoms with Gasteiger partial charge in [0.15, 0.2) is 0 Å². The third-order valence-electron chi connectivity index (χ3n) is 4.28. The molecule has 126 valence electrons. The highest BCUT2D eigenvalue weighted by Crippen LogP contribution is 2.26. The van der Waals surface area contributed by atoms with Gasteiger partial charge in [0.2, 0.25) is 5.91 Å². The van der Waals surface area contributed by atoms with E-state index in [-0.39, 0.29) is 17.8 Å². The van der Waals surface area contributed by atoms with Gasteiger partial charge in [0, 0.05) is 18.9 Å². The van der Waals surface area contributed by atoms with Crippen LogP contribution in [-0.4, -0.2) is 18.6 Å². The molecule has 1 aliphatic heterocycles. The van der Waals surface area contributed by atoms with Gasteiger partial charge in [0.25, 0.3) is 0 Å². The first kappa shape index (κ1) is 16.5. The Balaban J connectivity index is 1.48. The molecule has 1 atom stereocenters. The van der Waals surface area contributed by atoms with Gasteiger partial charge in [-0.3, -0.25) is 4.79 Å². The molecule has 3 rings (SSSR count). The zero-order chi connectivity index (χ0) is 16.9. The monoisotopic (exact) mass is 327 g/mol. The van der Waals surface area contributed by atoms with E-state index in [9.17, 15) is 9.18 Å². The first-order chi connectivity index (χ1) is 11.6. The van der Waals surface area contributed by atoms with E-state index in [1.807, 2.05) is 19.1 Å². The van der Waals surface area contributed by atoms with Crippen LogP contribution in [0.5, 0.6) is 5.75 Å². The van der Waals surface area contributed by atoms with E-state index >= 15 is 0 Å². The van der Waals surface area contributed by atoms with Gasteiger partial charge in [-0.05, 0) is 48.6 Å². The normalized spacial score (nSPS) is 13.9. The van der Waals surface area contributed by atoms with Crippen LogP contribution >= 0.6 is 0 Å². The van der Waals surface area contributed by atoms with E-state index in [1.165, 1.54) is 17.2 Å². The van der Waals surface area contributed by atoms with Crippen molar-refractivity contribution in [3.63, 3.8) is 0 Å². The number of carbonyl (C=O) groups excluding carboxylic acids is 1. The molecule has 1 N–H and O–H groups in total. The second kappa shape index (κ2) is 7.47. The maximum atomic E-state index is 13.6. The SMILES string of the molecule is C[C@H](Cc1ccc2c(c1)CCO2)NC(=O)CCc1ccccc1F. The fourth-order valence-corrected chi connectivity index (χ4v) is 3.07. The maximum Gasteiger partial charge on any atom is 0.220 e. The number of carbonyl (C=O) groups is 1. The number of fused-ring (bicyclic) bond motifs is 1. The van der Waals surface area contributed by atoms with Crippen molar-refractivity contribution < 1.29 is 13.9 Å². The predicted octanol–water partition coefficient (Wildman–Crippen LogP) is 3.44. The molecular weight excluding hydrogens is 305 g/mol. The molecule has 0 aliphatic carbocycles. The van der Waals surface area contributed by atoms with Crippen molar-refractivity contribution in [3.8, 4) is 5.75 Å². The summed E-state index contributed by atoms with van der Waals surface area (Å²) in [5, 5.41) is 2.99. The second-order valence-corrected chi connectivity index (χ2v) is 6.30. The molecule has 1 aliphatic rings. The highest BCUT2D eigenvalue weighted by Gasteiger charge is 2.14. The highest BCUT2D eigenvalue weighted by molar-refractivity contribution is 5.76. The summed E-state index contributed by atoms with van der Waals surface area (Å²) >= 11 is 0. The van der Waals surface area contributed by atoms with Crippen LogP contribution in [-0.2, 0) is 24.1 Å². The lowest BCUT2D eigenvalue weighted by Crippen LogP contribution is -2.34. The Hall–Kier alpha value is -2.36. The number of hydrogen-bond acceptors (Lipinski definition) is 2. The largest absolute Gasteiger partial charge is 0.493 e. The Morgan fingerprint density at radius 1 is 1.29 bits per heavy atom. The average Bonchev–Trinajstić information content (AvgIpc) is 3.01. The molecule has 2 aromatic carbocycles. The summed E-state index contributed by atoms with van der Waals surface area (Å²) in [6.07, 6.45) is 2.44. The van der Waals surface area contributed by atoms with Gasteiger partial charge in [-0.2, -0.15) is 0 Å². The van der Waals surface area contributed by atoms with Gasteiger partial charge in [0.05, 0.1) is 6.61 Å². The summed E-state index contributed by atoms with van der Waals surface area (Å²) in [7, 11) is 0. The van der Waals surface area contributed by atoms with Crippen LogP contribution < -0.4 is 10.1 Å². The molecule has 0 saturated carbocycles. The number of halogens is 1. The van der Waals surface area contributed by atoms with Crippen molar-refractivity contribution in [3.05, 3.63) is 65.0 Å². The van der Waals surface area contributed by atoms with Crippen molar-refractivity contribution in [2.45, 2.75) is 38.6 Å². The van der Waals surface area contributed by atoms with Crippen molar-refractivity contribution in [2.75, 3.05) is 6.61 Å². The van der Waals surface area contributed by atoms with Crippen molar-refractivity contribution in [1.29, 1.82) is 0 Å². The number of hydrogen-bond donors (Lipinski definition) is 1. The second-order valence-electron chi connectivity index (χ2n) is 6.30. The van der Waals surface area contributed by atoms with E-state index in [0.29, 0.717) is 18.4 Å². The van der Waals surface area contributed by atoms with Gasteiger partial charge >= 0.3 is 0 Å². The van der Waals surface area contributed by atoms with Crippen LogP contribution in [0.25, 0.3) is 0 Å². The van der Waals surface area contributed by atoms with Crippen LogP contribution in [0.15, 0.2) is 42.5 Å². The van der Waals surface area contributed by atoms with Crippen molar-refractivity contribution in [1.82, 2.24) is 5.32 Å². The molecule has 2 aromatic rings. The first-order valence-corrected chi connectivity index (χ1v) is 8.39. The number of nitrogens with one attached hydrogen (secondary N) is 1. The third kappa shape index (κ3) is 4.13. The Morgan fingerprint density at radius 2 is 2.12 bits per heavy atom.